The largest absolute Gasteiger partial charge is 0.481 e. The first-order valence-electron chi connectivity index (χ1n) is 4.22. The molecule has 3 nitrogen and oxygen atoms in total. The highest BCUT2D eigenvalue weighted by Gasteiger charge is 2.17. The maximum Gasteiger partial charge on any atom is 0.304 e. The fraction of sp³-hybridized carbons (Fsp3) is 0.444. The topological polar surface area (TPSA) is 63.3 Å². The Balaban J connectivity index is 2.88. The molecule has 0 bridgehead atoms. The molecule has 78 valence electrons. The predicted molar refractivity (Wildman–Crippen MR) is 60.8 cm³/mol. The van der Waals surface area contributed by atoms with E-state index < -0.39 is 5.97 Å². The summed E-state index contributed by atoms with van der Waals surface area (Å²) in [4.78, 5) is 11.7. The van der Waals surface area contributed by atoms with Crippen LogP contribution in [-0.4, -0.2) is 17.6 Å². The van der Waals surface area contributed by atoms with Gasteiger partial charge in [0.1, 0.15) is 0 Å². The molecule has 0 aliphatic heterocycles. The van der Waals surface area contributed by atoms with Gasteiger partial charge in [-0.05, 0) is 41.0 Å². The lowest BCUT2D eigenvalue weighted by molar-refractivity contribution is -0.137. The van der Waals surface area contributed by atoms with Crippen molar-refractivity contribution in [2.75, 3.05) is 6.54 Å². The van der Waals surface area contributed by atoms with Gasteiger partial charge in [-0.15, -0.1) is 11.3 Å². The van der Waals surface area contributed by atoms with Gasteiger partial charge >= 0.3 is 5.97 Å². The lowest BCUT2D eigenvalue weighted by atomic mass is 9.97. The number of aliphatic carboxylic acids is 1. The van der Waals surface area contributed by atoms with E-state index in [1.807, 2.05) is 13.0 Å². The number of nitrogens with two attached hydrogens (primary N) is 1. The van der Waals surface area contributed by atoms with Gasteiger partial charge in [0.25, 0.3) is 0 Å². The number of carboxylic acids is 1. The number of carboxylic acid groups (broad SMARTS) is 1. The Morgan fingerprint density at radius 2 is 2.43 bits per heavy atom. The Bertz CT molecular complexity index is 338. The molecule has 5 heteroatoms. The van der Waals surface area contributed by atoms with Gasteiger partial charge in [-0.25, -0.2) is 0 Å². The molecule has 3 N–H and O–H groups in total. The molecule has 14 heavy (non-hydrogen) atoms. The molecule has 0 aliphatic carbocycles. The summed E-state index contributed by atoms with van der Waals surface area (Å²) in [5.74, 6) is -0.878. The van der Waals surface area contributed by atoms with Gasteiger partial charge in [0.05, 0.1) is 10.2 Å². The summed E-state index contributed by atoms with van der Waals surface area (Å²) in [6, 6.07) is 1.96. The van der Waals surface area contributed by atoms with Gasteiger partial charge < -0.3 is 10.8 Å². The van der Waals surface area contributed by atoms with Crippen molar-refractivity contribution >= 4 is 33.2 Å². The molecule has 0 aliphatic rings. The SMILES string of the molecule is Cc1sc(Br)cc1C(CN)CC(=O)O. The first-order valence-corrected chi connectivity index (χ1v) is 5.83. The average Bonchev–Trinajstić information content (AvgIpc) is 2.41. The summed E-state index contributed by atoms with van der Waals surface area (Å²) in [7, 11) is 0. The number of hydrogen-bond donors (Lipinski definition) is 2. The molecular weight excluding hydrogens is 266 g/mol. The Labute approximate surface area is 95.1 Å². The summed E-state index contributed by atoms with van der Waals surface area (Å²) in [6.45, 7) is 2.35. The normalized spacial score (nSPS) is 12.8. The summed E-state index contributed by atoms with van der Waals surface area (Å²) >= 11 is 4.99. The van der Waals surface area contributed by atoms with Crippen LogP contribution in [0.5, 0.6) is 0 Å². The number of halogens is 1. The third-order valence-electron chi connectivity index (χ3n) is 2.07. The Morgan fingerprint density at radius 3 is 2.79 bits per heavy atom. The van der Waals surface area contributed by atoms with Crippen LogP contribution in [-0.2, 0) is 4.79 Å². The summed E-state index contributed by atoms with van der Waals surface area (Å²) < 4.78 is 1.02. The molecule has 0 saturated heterocycles. The van der Waals surface area contributed by atoms with Crippen molar-refractivity contribution in [1.29, 1.82) is 0 Å². The van der Waals surface area contributed by atoms with E-state index >= 15 is 0 Å². The van der Waals surface area contributed by atoms with Gasteiger partial charge in [-0.1, -0.05) is 0 Å². The van der Waals surface area contributed by atoms with Crippen molar-refractivity contribution in [1.82, 2.24) is 0 Å². The number of rotatable bonds is 4. The summed E-state index contributed by atoms with van der Waals surface area (Å²) in [5, 5.41) is 8.71. The summed E-state index contributed by atoms with van der Waals surface area (Å²) in [6.07, 6.45) is 0.0977. The minimum Gasteiger partial charge on any atom is -0.481 e. The fourth-order valence-corrected chi connectivity index (χ4v) is 3.19. The molecule has 0 radical (unpaired) electrons. The van der Waals surface area contributed by atoms with E-state index in [4.69, 9.17) is 10.8 Å². The van der Waals surface area contributed by atoms with Gasteiger partial charge in [0.15, 0.2) is 0 Å². The molecule has 1 rings (SSSR count). The second-order valence-electron chi connectivity index (χ2n) is 3.09. The zero-order valence-electron chi connectivity index (χ0n) is 7.79. The zero-order valence-corrected chi connectivity index (χ0v) is 10.2. The third kappa shape index (κ3) is 2.80. The van der Waals surface area contributed by atoms with Crippen molar-refractivity contribution in [2.45, 2.75) is 19.3 Å². The van der Waals surface area contributed by atoms with Crippen molar-refractivity contribution in [3.05, 3.63) is 20.3 Å². The lowest BCUT2D eigenvalue weighted by Crippen LogP contribution is -2.16. The smallest absolute Gasteiger partial charge is 0.304 e. The maximum atomic E-state index is 10.6. The molecule has 1 heterocycles. The van der Waals surface area contributed by atoms with E-state index in [-0.39, 0.29) is 12.3 Å². The molecule has 1 aromatic rings. The number of thiophene rings is 1. The molecule has 0 fully saturated rings. The van der Waals surface area contributed by atoms with Crippen molar-refractivity contribution in [3.8, 4) is 0 Å². The van der Waals surface area contributed by atoms with Crippen LogP contribution in [0.4, 0.5) is 0 Å². The second-order valence-corrected chi connectivity index (χ2v) is 5.73. The second kappa shape index (κ2) is 4.91. The van der Waals surface area contributed by atoms with E-state index in [1.165, 1.54) is 0 Å². The predicted octanol–water partition coefficient (Wildman–Crippen LogP) is 2.34. The molecular formula is C9H12BrNO2S. The van der Waals surface area contributed by atoms with Crippen LogP contribution in [0, 0.1) is 6.92 Å². The van der Waals surface area contributed by atoms with Crippen LogP contribution in [0.25, 0.3) is 0 Å². The lowest BCUT2D eigenvalue weighted by Gasteiger charge is -2.11. The number of hydrogen-bond acceptors (Lipinski definition) is 3. The van der Waals surface area contributed by atoms with Crippen LogP contribution in [0.15, 0.2) is 9.85 Å². The highest BCUT2D eigenvalue weighted by Crippen LogP contribution is 2.32. The molecule has 1 aromatic heterocycles. The Morgan fingerprint density at radius 1 is 1.79 bits per heavy atom. The third-order valence-corrected chi connectivity index (χ3v) is 3.64. The first kappa shape index (κ1) is 11.7. The van der Waals surface area contributed by atoms with Crippen LogP contribution in [0.3, 0.4) is 0 Å². The number of aryl methyl sites for hydroxylation is 1. The van der Waals surface area contributed by atoms with Crippen LogP contribution in [0.2, 0.25) is 0 Å². The number of carbonyl (C=O) groups is 1. The van der Waals surface area contributed by atoms with E-state index in [2.05, 4.69) is 15.9 Å². The van der Waals surface area contributed by atoms with E-state index in [0.717, 1.165) is 14.2 Å². The Kier molecular flexibility index (Phi) is 4.10. The van der Waals surface area contributed by atoms with E-state index in [1.54, 1.807) is 11.3 Å². The van der Waals surface area contributed by atoms with Crippen LogP contribution in [0.1, 0.15) is 22.8 Å². The van der Waals surface area contributed by atoms with Gasteiger partial charge in [-0.2, -0.15) is 0 Å². The van der Waals surface area contributed by atoms with Gasteiger partial charge in [-0.3, -0.25) is 4.79 Å². The molecule has 0 amide bonds. The van der Waals surface area contributed by atoms with Gasteiger partial charge in [0, 0.05) is 10.8 Å². The summed E-state index contributed by atoms with van der Waals surface area (Å²) in [5.41, 5.74) is 6.61. The quantitative estimate of drug-likeness (QED) is 0.888. The minimum absolute atomic E-state index is 0.0740. The Hall–Kier alpha value is -0.390. The average molecular weight is 278 g/mol. The monoisotopic (exact) mass is 277 g/mol. The highest BCUT2D eigenvalue weighted by atomic mass is 79.9. The van der Waals surface area contributed by atoms with Crippen molar-refractivity contribution in [2.24, 2.45) is 5.73 Å². The standard InChI is InChI=1S/C9H12BrNO2S/c1-5-7(3-8(10)14-5)6(4-11)2-9(12)13/h3,6H,2,4,11H2,1H3,(H,12,13). The minimum atomic E-state index is -0.804. The zero-order chi connectivity index (χ0) is 10.7. The fourth-order valence-electron chi connectivity index (χ4n) is 1.39. The van der Waals surface area contributed by atoms with E-state index in [9.17, 15) is 4.79 Å². The molecule has 0 spiro atoms. The van der Waals surface area contributed by atoms with Crippen molar-refractivity contribution < 1.29 is 9.90 Å². The molecule has 1 atom stereocenters. The maximum absolute atomic E-state index is 10.6. The van der Waals surface area contributed by atoms with Crippen molar-refractivity contribution in [3.63, 3.8) is 0 Å². The van der Waals surface area contributed by atoms with Gasteiger partial charge in [0.2, 0.25) is 0 Å². The highest BCUT2D eigenvalue weighted by molar-refractivity contribution is 9.11. The van der Waals surface area contributed by atoms with Crippen LogP contribution < -0.4 is 5.73 Å². The molecule has 0 aromatic carbocycles. The van der Waals surface area contributed by atoms with Crippen LogP contribution >= 0.6 is 27.3 Å². The molecule has 1 unspecified atom stereocenters. The molecule has 0 saturated carbocycles. The van der Waals surface area contributed by atoms with E-state index in [0.29, 0.717) is 6.54 Å². The first-order chi connectivity index (χ1) is 6.54.